The highest BCUT2D eigenvalue weighted by molar-refractivity contribution is 5.83. The van der Waals surface area contributed by atoms with E-state index in [9.17, 15) is 4.79 Å². The van der Waals surface area contributed by atoms with Crippen LogP contribution in [0.5, 0.6) is 11.5 Å². The predicted octanol–water partition coefficient (Wildman–Crippen LogP) is 2.68. The Balaban J connectivity index is 1.55. The summed E-state index contributed by atoms with van der Waals surface area (Å²) in [5, 5.41) is 16.0. The van der Waals surface area contributed by atoms with Crippen LogP contribution in [-0.4, -0.2) is 46.0 Å². The van der Waals surface area contributed by atoms with E-state index in [1.165, 1.54) is 11.0 Å². The van der Waals surface area contributed by atoms with Crippen molar-refractivity contribution in [2.45, 2.75) is 26.3 Å². The molecule has 0 bridgehead atoms. The van der Waals surface area contributed by atoms with Crippen LogP contribution in [0.25, 0.3) is 11.4 Å². The minimum absolute atomic E-state index is 0.0921. The van der Waals surface area contributed by atoms with Crippen molar-refractivity contribution in [2.75, 3.05) is 13.7 Å². The maximum absolute atomic E-state index is 12.1. The third-order valence-corrected chi connectivity index (χ3v) is 4.12. The number of hydrazone groups is 1. The van der Waals surface area contributed by atoms with Gasteiger partial charge in [-0.2, -0.15) is 9.90 Å². The first-order chi connectivity index (χ1) is 14.7. The van der Waals surface area contributed by atoms with Gasteiger partial charge in [0.1, 0.15) is 6.54 Å². The molecule has 9 heteroatoms. The summed E-state index contributed by atoms with van der Waals surface area (Å²) < 4.78 is 11.1. The van der Waals surface area contributed by atoms with E-state index >= 15 is 0 Å². The van der Waals surface area contributed by atoms with Crippen LogP contribution in [0.1, 0.15) is 25.3 Å². The fraction of sp³-hybridized carbons (Fsp3) is 0.286. The highest BCUT2D eigenvalue weighted by Crippen LogP contribution is 2.27. The molecule has 156 valence electrons. The number of carbonyl (C=O) groups excluding carboxylic acids is 1. The van der Waals surface area contributed by atoms with E-state index in [-0.39, 0.29) is 12.5 Å². The highest BCUT2D eigenvalue weighted by atomic mass is 16.5. The Hall–Kier alpha value is -3.75. The third-order valence-electron chi connectivity index (χ3n) is 4.12. The summed E-state index contributed by atoms with van der Waals surface area (Å²) in [6.07, 6.45) is 3.54. The molecule has 3 rings (SSSR count). The molecule has 0 saturated heterocycles. The number of tetrazole rings is 1. The Morgan fingerprint density at radius 3 is 2.80 bits per heavy atom. The molecule has 9 nitrogen and oxygen atoms in total. The molecule has 1 aromatic heterocycles. The van der Waals surface area contributed by atoms with E-state index in [1.54, 1.807) is 13.2 Å². The Morgan fingerprint density at radius 1 is 1.20 bits per heavy atom. The smallest absolute Gasteiger partial charge is 0.263 e. The van der Waals surface area contributed by atoms with Crippen LogP contribution in [0.4, 0.5) is 0 Å². The first-order valence-electron chi connectivity index (χ1n) is 9.65. The Labute approximate surface area is 174 Å². The molecule has 0 fully saturated rings. The van der Waals surface area contributed by atoms with Crippen LogP contribution in [0.2, 0.25) is 0 Å². The summed E-state index contributed by atoms with van der Waals surface area (Å²) in [5.41, 5.74) is 4.06. The van der Waals surface area contributed by atoms with Gasteiger partial charge < -0.3 is 9.47 Å². The zero-order chi connectivity index (χ0) is 21.2. The van der Waals surface area contributed by atoms with Crippen molar-refractivity contribution < 1.29 is 14.3 Å². The van der Waals surface area contributed by atoms with Crippen molar-refractivity contribution in [3.8, 4) is 22.9 Å². The quantitative estimate of drug-likeness (QED) is 0.314. The molecule has 0 saturated carbocycles. The molecule has 3 aromatic rings. The largest absolute Gasteiger partial charge is 0.493 e. The maximum Gasteiger partial charge on any atom is 0.263 e. The lowest BCUT2D eigenvalue weighted by Gasteiger charge is -2.10. The number of aromatic nitrogens is 4. The molecular weight excluding hydrogens is 384 g/mol. The minimum atomic E-state index is -0.365. The van der Waals surface area contributed by atoms with Crippen LogP contribution in [0.3, 0.4) is 0 Å². The van der Waals surface area contributed by atoms with Gasteiger partial charge in [-0.25, -0.2) is 5.43 Å². The number of nitrogens with one attached hydrogen (secondary N) is 1. The predicted molar refractivity (Wildman–Crippen MR) is 112 cm³/mol. The number of hydrogen-bond acceptors (Lipinski definition) is 7. The zero-order valence-corrected chi connectivity index (χ0v) is 17.0. The van der Waals surface area contributed by atoms with Gasteiger partial charge in [0.2, 0.25) is 5.82 Å². The lowest BCUT2D eigenvalue weighted by atomic mass is 10.2. The van der Waals surface area contributed by atoms with Gasteiger partial charge in [0.15, 0.2) is 11.5 Å². The lowest BCUT2D eigenvalue weighted by molar-refractivity contribution is -0.122. The number of amides is 1. The molecule has 2 aromatic carbocycles. The number of methoxy groups -OCH3 is 1. The summed E-state index contributed by atoms with van der Waals surface area (Å²) in [6, 6.07) is 14.9. The second kappa shape index (κ2) is 10.7. The van der Waals surface area contributed by atoms with E-state index in [0.29, 0.717) is 23.9 Å². The second-order valence-corrected chi connectivity index (χ2v) is 6.41. The van der Waals surface area contributed by atoms with Crippen molar-refractivity contribution in [1.82, 2.24) is 25.6 Å². The highest BCUT2D eigenvalue weighted by Gasteiger charge is 2.09. The van der Waals surface area contributed by atoms with Gasteiger partial charge in [-0.3, -0.25) is 4.79 Å². The average molecular weight is 408 g/mol. The lowest BCUT2D eigenvalue weighted by Crippen LogP contribution is -2.24. The van der Waals surface area contributed by atoms with E-state index < -0.39 is 0 Å². The van der Waals surface area contributed by atoms with Crippen molar-refractivity contribution in [2.24, 2.45) is 5.10 Å². The van der Waals surface area contributed by atoms with Crippen LogP contribution >= 0.6 is 0 Å². The molecule has 0 spiro atoms. The van der Waals surface area contributed by atoms with Crippen LogP contribution in [0, 0.1) is 0 Å². The Morgan fingerprint density at radius 2 is 2.03 bits per heavy atom. The molecule has 0 aliphatic heterocycles. The first kappa shape index (κ1) is 21.0. The van der Waals surface area contributed by atoms with Crippen molar-refractivity contribution >= 4 is 12.1 Å². The molecular formula is C21H24N6O3. The van der Waals surface area contributed by atoms with Gasteiger partial charge in [0.25, 0.3) is 5.91 Å². The molecule has 0 aliphatic rings. The SMILES string of the molecule is CCCCOc1cc(/C=N\NC(=O)Cn2nnc(-c3ccccc3)n2)ccc1OC. The fourth-order valence-corrected chi connectivity index (χ4v) is 2.57. The number of ether oxygens (including phenoxy) is 2. The van der Waals surface area contributed by atoms with E-state index in [4.69, 9.17) is 9.47 Å². The van der Waals surface area contributed by atoms with E-state index in [0.717, 1.165) is 24.0 Å². The van der Waals surface area contributed by atoms with E-state index in [2.05, 4.69) is 32.9 Å². The van der Waals surface area contributed by atoms with E-state index in [1.807, 2.05) is 42.5 Å². The molecule has 30 heavy (non-hydrogen) atoms. The number of unbranched alkanes of at least 4 members (excludes halogenated alkanes) is 1. The first-order valence-corrected chi connectivity index (χ1v) is 9.65. The third kappa shape index (κ3) is 5.87. The molecule has 0 unspecified atom stereocenters. The summed E-state index contributed by atoms with van der Waals surface area (Å²) in [5.74, 6) is 1.39. The van der Waals surface area contributed by atoms with Gasteiger partial charge >= 0.3 is 0 Å². The number of rotatable bonds is 10. The van der Waals surface area contributed by atoms with Crippen LogP contribution in [-0.2, 0) is 11.3 Å². The topological polar surface area (TPSA) is 104 Å². The fourth-order valence-electron chi connectivity index (χ4n) is 2.57. The summed E-state index contributed by atoms with van der Waals surface area (Å²) in [4.78, 5) is 13.3. The van der Waals surface area contributed by atoms with Gasteiger partial charge in [0.05, 0.1) is 19.9 Å². The van der Waals surface area contributed by atoms with Gasteiger partial charge in [-0.05, 0) is 35.4 Å². The maximum atomic E-state index is 12.1. The average Bonchev–Trinajstić information content (AvgIpc) is 3.23. The number of benzene rings is 2. The van der Waals surface area contributed by atoms with Crippen molar-refractivity contribution in [3.63, 3.8) is 0 Å². The van der Waals surface area contributed by atoms with Crippen molar-refractivity contribution in [1.29, 1.82) is 0 Å². The molecule has 1 amide bonds. The summed E-state index contributed by atoms with van der Waals surface area (Å²) >= 11 is 0. The van der Waals surface area contributed by atoms with Crippen LogP contribution in [0.15, 0.2) is 53.6 Å². The van der Waals surface area contributed by atoms with Gasteiger partial charge in [-0.15, -0.1) is 10.2 Å². The number of nitrogens with zero attached hydrogens (tertiary/aromatic N) is 5. The van der Waals surface area contributed by atoms with Gasteiger partial charge in [-0.1, -0.05) is 43.7 Å². The number of hydrogen-bond donors (Lipinski definition) is 1. The molecule has 0 atom stereocenters. The standard InChI is InChI=1S/C21H24N6O3/c1-3-4-12-30-19-13-16(10-11-18(19)29-2)14-22-23-20(28)15-27-25-21(24-26-27)17-8-6-5-7-9-17/h5-11,13-14H,3-4,12,15H2,1-2H3,(H,23,28)/b22-14-. The summed E-state index contributed by atoms with van der Waals surface area (Å²) in [7, 11) is 1.59. The minimum Gasteiger partial charge on any atom is -0.493 e. The molecule has 0 aliphatic carbocycles. The van der Waals surface area contributed by atoms with Crippen molar-refractivity contribution in [3.05, 3.63) is 54.1 Å². The van der Waals surface area contributed by atoms with Crippen LogP contribution < -0.4 is 14.9 Å². The molecule has 0 radical (unpaired) electrons. The monoisotopic (exact) mass is 408 g/mol. The van der Waals surface area contributed by atoms with Gasteiger partial charge in [0, 0.05) is 5.56 Å². The Kier molecular flexibility index (Phi) is 7.48. The number of carbonyl (C=O) groups is 1. The second-order valence-electron chi connectivity index (χ2n) is 6.41. The molecule has 1 N–H and O–H groups in total. The summed E-state index contributed by atoms with van der Waals surface area (Å²) in [6.45, 7) is 2.62. The normalized spacial score (nSPS) is 10.9. The zero-order valence-electron chi connectivity index (χ0n) is 17.0. The molecule has 1 heterocycles. The Bertz CT molecular complexity index is 987.